The number of ketones is 1. The first-order chi connectivity index (χ1) is 10.5. The van der Waals surface area contributed by atoms with Crippen LogP contribution in [0.2, 0.25) is 5.02 Å². The maximum Gasteiger partial charge on any atom is 0.246 e. The van der Waals surface area contributed by atoms with E-state index in [9.17, 15) is 9.59 Å². The Morgan fingerprint density at radius 1 is 0.955 bits per heavy atom. The number of nitrogens with one attached hydrogen (secondary N) is 2. The van der Waals surface area contributed by atoms with Crippen LogP contribution in [0.4, 0.5) is 11.4 Å². The summed E-state index contributed by atoms with van der Waals surface area (Å²) in [5, 5.41) is 6.54. The van der Waals surface area contributed by atoms with Crippen molar-refractivity contribution in [2.75, 3.05) is 10.6 Å². The van der Waals surface area contributed by atoms with Gasteiger partial charge in [-0.2, -0.15) is 0 Å². The van der Waals surface area contributed by atoms with Crippen LogP contribution < -0.4 is 10.6 Å². The van der Waals surface area contributed by atoms with Crippen LogP contribution in [-0.2, 0) is 4.79 Å². The molecule has 1 amide bonds. The molecule has 0 aliphatic carbocycles. The second kappa shape index (κ2) is 7.09. The predicted molar refractivity (Wildman–Crippen MR) is 89.6 cm³/mol. The number of carbonyl (C=O) groups excluding carboxylic acids is 2. The van der Waals surface area contributed by atoms with E-state index in [1.165, 1.54) is 6.92 Å². The monoisotopic (exact) mass is 316 g/mol. The van der Waals surface area contributed by atoms with Gasteiger partial charge >= 0.3 is 0 Å². The van der Waals surface area contributed by atoms with Gasteiger partial charge < -0.3 is 10.6 Å². The minimum Gasteiger partial charge on any atom is -0.374 e. The standard InChI is InChI=1S/C17H17ClN2O2/c1-11(19-15-9-5-14(18)6-10-15)17(22)20-16-7-3-13(4-8-16)12(2)21/h3-11,19H,1-2H3,(H,20,22). The van der Waals surface area contributed by atoms with E-state index in [1.54, 1.807) is 43.3 Å². The van der Waals surface area contributed by atoms with Crippen LogP contribution in [0.1, 0.15) is 24.2 Å². The maximum absolute atomic E-state index is 12.1. The fourth-order valence-corrected chi connectivity index (χ4v) is 2.03. The van der Waals surface area contributed by atoms with Crippen molar-refractivity contribution in [3.63, 3.8) is 0 Å². The average molecular weight is 317 g/mol. The fraction of sp³-hybridized carbons (Fsp3) is 0.176. The highest BCUT2D eigenvalue weighted by Crippen LogP contribution is 2.15. The molecule has 4 nitrogen and oxygen atoms in total. The molecule has 2 N–H and O–H groups in total. The zero-order chi connectivity index (χ0) is 16.1. The van der Waals surface area contributed by atoms with Crippen molar-refractivity contribution < 1.29 is 9.59 Å². The molecule has 0 heterocycles. The van der Waals surface area contributed by atoms with Crippen LogP contribution >= 0.6 is 11.6 Å². The van der Waals surface area contributed by atoms with Crippen LogP contribution in [0.5, 0.6) is 0 Å². The maximum atomic E-state index is 12.1. The highest BCUT2D eigenvalue weighted by atomic mass is 35.5. The van der Waals surface area contributed by atoms with Gasteiger partial charge in [0.25, 0.3) is 0 Å². The zero-order valence-corrected chi connectivity index (χ0v) is 13.1. The number of hydrogen-bond acceptors (Lipinski definition) is 3. The van der Waals surface area contributed by atoms with Crippen molar-refractivity contribution in [1.29, 1.82) is 0 Å². The Kier molecular flexibility index (Phi) is 5.17. The third kappa shape index (κ3) is 4.33. The lowest BCUT2D eigenvalue weighted by Gasteiger charge is -2.15. The minimum absolute atomic E-state index is 0.00403. The van der Waals surface area contributed by atoms with Crippen molar-refractivity contribution in [3.05, 3.63) is 59.1 Å². The Morgan fingerprint density at radius 2 is 1.50 bits per heavy atom. The Morgan fingerprint density at radius 3 is 2.05 bits per heavy atom. The number of carbonyl (C=O) groups is 2. The summed E-state index contributed by atoms with van der Waals surface area (Å²) in [6.45, 7) is 3.28. The molecule has 0 saturated carbocycles. The Hall–Kier alpha value is -2.33. The third-order valence-corrected chi connectivity index (χ3v) is 3.43. The highest BCUT2D eigenvalue weighted by molar-refractivity contribution is 6.30. The van der Waals surface area contributed by atoms with Crippen molar-refractivity contribution in [3.8, 4) is 0 Å². The van der Waals surface area contributed by atoms with E-state index in [1.807, 2.05) is 12.1 Å². The SMILES string of the molecule is CC(=O)c1ccc(NC(=O)C(C)Nc2ccc(Cl)cc2)cc1. The smallest absolute Gasteiger partial charge is 0.246 e. The molecule has 0 aromatic heterocycles. The van der Waals surface area contributed by atoms with Crippen molar-refractivity contribution in [2.45, 2.75) is 19.9 Å². The van der Waals surface area contributed by atoms with Gasteiger partial charge in [-0.25, -0.2) is 0 Å². The molecule has 1 atom stereocenters. The van der Waals surface area contributed by atoms with Crippen molar-refractivity contribution >= 4 is 34.7 Å². The van der Waals surface area contributed by atoms with E-state index in [2.05, 4.69) is 10.6 Å². The Balaban J connectivity index is 1.95. The van der Waals surface area contributed by atoms with Gasteiger partial charge in [-0.1, -0.05) is 11.6 Å². The molecular weight excluding hydrogens is 300 g/mol. The number of amides is 1. The lowest BCUT2D eigenvalue weighted by atomic mass is 10.1. The molecule has 0 spiro atoms. The fourth-order valence-electron chi connectivity index (χ4n) is 1.90. The molecule has 114 valence electrons. The second-order valence-electron chi connectivity index (χ2n) is 5.00. The van der Waals surface area contributed by atoms with Gasteiger partial charge in [0.1, 0.15) is 6.04 Å². The molecule has 0 fully saturated rings. The number of benzene rings is 2. The summed E-state index contributed by atoms with van der Waals surface area (Å²) < 4.78 is 0. The summed E-state index contributed by atoms with van der Waals surface area (Å²) in [5.74, 6) is -0.166. The number of anilines is 2. The number of halogens is 1. The predicted octanol–water partition coefficient (Wildman–Crippen LogP) is 3.98. The van der Waals surface area contributed by atoms with Gasteiger partial charge in [0.05, 0.1) is 0 Å². The van der Waals surface area contributed by atoms with E-state index < -0.39 is 6.04 Å². The van der Waals surface area contributed by atoms with Crippen LogP contribution in [0.15, 0.2) is 48.5 Å². The van der Waals surface area contributed by atoms with Crippen LogP contribution in [-0.4, -0.2) is 17.7 Å². The van der Waals surface area contributed by atoms with Crippen LogP contribution in [0, 0.1) is 0 Å². The second-order valence-corrected chi connectivity index (χ2v) is 5.43. The number of rotatable bonds is 5. The first-order valence-corrected chi connectivity index (χ1v) is 7.27. The first-order valence-electron chi connectivity index (χ1n) is 6.89. The zero-order valence-electron chi connectivity index (χ0n) is 12.4. The summed E-state index contributed by atoms with van der Waals surface area (Å²) in [5.41, 5.74) is 2.09. The molecule has 2 rings (SSSR count). The average Bonchev–Trinajstić information content (AvgIpc) is 2.50. The van der Waals surface area contributed by atoms with E-state index in [4.69, 9.17) is 11.6 Å². The molecular formula is C17H17ClN2O2. The molecule has 2 aromatic rings. The summed E-state index contributed by atoms with van der Waals surface area (Å²) >= 11 is 5.82. The van der Waals surface area contributed by atoms with Crippen molar-refractivity contribution in [1.82, 2.24) is 0 Å². The summed E-state index contributed by atoms with van der Waals surface area (Å²) in [7, 11) is 0. The van der Waals surface area contributed by atoms with Gasteiger partial charge in [-0.3, -0.25) is 9.59 Å². The largest absolute Gasteiger partial charge is 0.374 e. The highest BCUT2D eigenvalue weighted by Gasteiger charge is 2.13. The van der Waals surface area contributed by atoms with Crippen LogP contribution in [0.25, 0.3) is 0 Å². The van der Waals surface area contributed by atoms with E-state index in [0.29, 0.717) is 16.3 Å². The van der Waals surface area contributed by atoms with Crippen LogP contribution in [0.3, 0.4) is 0 Å². The van der Waals surface area contributed by atoms with Gasteiger partial charge in [0, 0.05) is 22.0 Å². The quantitative estimate of drug-likeness (QED) is 0.820. The summed E-state index contributed by atoms with van der Waals surface area (Å²) in [6.07, 6.45) is 0. The number of hydrogen-bond donors (Lipinski definition) is 2. The molecule has 22 heavy (non-hydrogen) atoms. The molecule has 5 heteroatoms. The normalized spacial score (nSPS) is 11.6. The summed E-state index contributed by atoms with van der Waals surface area (Å²) in [6, 6.07) is 13.5. The first kappa shape index (κ1) is 16.0. The lowest BCUT2D eigenvalue weighted by molar-refractivity contribution is -0.116. The van der Waals surface area contributed by atoms with Gasteiger partial charge in [-0.15, -0.1) is 0 Å². The molecule has 0 saturated heterocycles. The molecule has 1 unspecified atom stereocenters. The molecule has 0 radical (unpaired) electrons. The Labute approximate surface area is 134 Å². The lowest BCUT2D eigenvalue weighted by Crippen LogP contribution is -2.31. The molecule has 0 aliphatic heterocycles. The third-order valence-electron chi connectivity index (χ3n) is 3.18. The van der Waals surface area contributed by atoms with Gasteiger partial charge in [-0.05, 0) is 62.4 Å². The molecule has 2 aromatic carbocycles. The van der Waals surface area contributed by atoms with E-state index in [0.717, 1.165) is 5.69 Å². The minimum atomic E-state index is -0.409. The molecule has 0 aliphatic rings. The van der Waals surface area contributed by atoms with Gasteiger partial charge in [0.15, 0.2) is 5.78 Å². The summed E-state index contributed by atoms with van der Waals surface area (Å²) in [4.78, 5) is 23.3. The number of Topliss-reactive ketones (excluding diaryl/α,β-unsaturated/α-hetero) is 1. The Bertz CT molecular complexity index is 666. The van der Waals surface area contributed by atoms with Gasteiger partial charge in [0.2, 0.25) is 5.91 Å². The van der Waals surface area contributed by atoms with Crippen molar-refractivity contribution in [2.24, 2.45) is 0 Å². The molecule has 0 bridgehead atoms. The topological polar surface area (TPSA) is 58.2 Å². The van der Waals surface area contributed by atoms with E-state index in [-0.39, 0.29) is 11.7 Å². The van der Waals surface area contributed by atoms with E-state index >= 15 is 0 Å².